The highest BCUT2D eigenvalue weighted by Gasteiger charge is 2.06. The van der Waals surface area contributed by atoms with Gasteiger partial charge < -0.3 is 21.5 Å². The molecule has 1 aromatic heterocycles. The number of carbonyl (C=O) groups is 2. The van der Waals surface area contributed by atoms with Crippen molar-refractivity contribution in [1.82, 2.24) is 10.3 Å². The Morgan fingerprint density at radius 2 is 2.17 bits per heavy atom. The molecule has 7 heteroatoms. The van der Waals surface area contributed by atoms with Crippen LogP contribution in [0.15, 0.2) is 30.7 Å². The Morgan fingerprint density at radius 3 is 2.67 bits per heavy atom. The minimum Gasteiger partial charge on any atom is -0.513 e. The number of hydrogen-bond donors (Lipinski definition) is 4. The number of aliphatic hydroxyl groups is 1. The molecular formula is C11H14N4O3. The smallest absolute Gasteiger partial charge is 0.316 e. The minimum absolute atomic E-state index is 0.00395. The number of hydrogen-bond acceptors (Lipinski definition) is 4. The number of nitrogens with zero attached hydrogens (tertiary/aromatic N) is 1. The second kappa shape index (κ2) is 6.24. The fraction of sp³-hybridized carbons (Fsp3) is 0.182. The number of aromatic nitrogens is 1. The van der Waals surface area contributed by atoms with E-state index in [4.69, 9.17) is 10.8 Å². The number of nitrogens with two attached hydrogens (primary N) is 1. The summed E-state index contributed by atoms with van der Waals surface area (Å²) in [6.45, 7) is 3.58. The van der Waals surface area contributed by atoms with Crippen LogP contribution in [0.5, 0.6) is 0 Å². The monoisotopic (exact) mass is 250 g/mol. The van der Waals surface area contributed by atoms with Gasteiger partial charge in [-0.1, -0.05) is 6.58 Å². The molecule has 1 aromatic rings. The van der Waals surface area contributed by atoms with E-state index in [1.54, 1.807) is 0 Å². The Balaban J connectivity index is 2.53. The van der Waals surface area contributed by atoms with Crippen molar-refractivity contribution in [3.63, 3.8) is 0 Å². The summed E-state index contributed by atoms with van der Waals surface area (Å²) in [5, 5.41) is 13.7. The number of anilines is 1. The molecule has 0 aliphatic heterocycles. The highest BCUT2D eigenvalue weighted by atomic mass is 16.3. The van der Waals surface area contributed by atoms with E-state index in [2.05, 4.69) is 22.2 Å². The van der Waals surface area contributed by atoms with Crippen molar-refractivity contribution in [2.75, 3.05) is 11.9 Å². The zero-order valence-corrected chi connectivity index (χ0v) is 9.64. The lowest BCUT2D eigenvalue weighted by atomic mass is 10.3. The quantitative estimate of drug-likeness (QED) is 0.577. The van der Waals surface area contributed by atoms with E-state index in [0.717, 1.165) is 0 Å². The van der Waals surface area contributed by atoms with Gasteiger partial charge in [0, 0.05) is 13.0 Å². The summed E-state index contributed by atoms with van der Waals surface area (Å²) in [4.78, 5) is 26.0. The lowest BCUT2D eigenvalue weighted by Crippen LogP contribution is -2.25. The predicted octanol–water partition coefficient (Wildman–Crippen LogP) is 0.764. The molecule has 0 aliphatic carbocycles. The summed E-state index contributed by atoms with van der Waals surface area (Å²) < 4.78 is 0. The molecule has 0 saturated heterocycles. The third kappa shape index (κ3) is 4.52. The third-order valence-corrected chi connectivity index (χ3v) is 1.96. The van der Waals surface area contributed by atoms with Gasteiger partial charge in [0.2, 0.25) is 0 Å². The summed E-state index contributed by atoms with van der Waals surface area (Å²) in [6.07, 6.45) is 1.61. The first kappa shape index (κ1) is 13.5. The van der Waals surface area contributed by atoms with Crippen molar-refractivity contribution in [3.8, 4) is 0 Å². The zero-order valence-electron chi connectivity index (χ0n) is 9.64. The lowest BCUT2D eigenvalue weighted by molar-refractivity contribution is 0.0948. The van der Waals surface area contributed by atoms with Gasteiger partial charge >= 0.3 is 6.03 Å². The van der Waals surface area contributed by atoms with E-state index in [9.17, 15) is 9.59 Å². The lowest BCUT2D eigenvalue weighted by Gasteiger charge is -2.05. The number of primary amides is 1. The molecule has 7 nitrogen and oxygen atoms in total. The van der Waals surface area contributed by atoms with Crippen LogP contribution in [0.4, 0.5) is 10.5 Å². The largest absolute Gasteiger partial charge is 0.513 e. The van der Waals surface area contributed by atoms with Crippen LogP contribution in [0.2, 0.25) is 0 Å². The first-order valence-electron chi connectivity index (χ1n) is 5.16. The van der Waals surface area contributed by atoms with Gasteiger partial charge in [-0.15, -0.1) is 0 Å². The number of carbonyl (C=O) groups excluding carboxylic acids is 2. The van der Waals surface area contributed by atoms with Gasteiger partial charge in [-0.05, 0) is 12.1 Å². The van der Waals surface area contributed by atoms with E-state index in [0.29, 0.717) is 5.69 Å². The first-order chi connectivity index (χ1) is 8.49. The van der Waals surface area contributed by atoms with E-state index < -0.39 is 6.03 Å². The highest BCUT2D eigenvalue weighted by molar-refractivity contribution is 5.93. The van der Waals surface area contributed by atoms with Crippen molar-refractivity contribution in [2.45, 2.75) is 6.42 Å². The average Bonchev–Trinajstić information content (AvgIpc) is 2.28. The van der Waals surface area contributed by atoms with Crippen LogP contribution in [0, 0.1) is 0 Å². The van der Waals surface area contributed by atoms with Crippen molar-refractivity contribution >= 4 is 17.6 Å². The molecule has 0 unspecified atom stereocenters. The Hall–Kier alpha value is -2.57. The summed E-state index contributed by atoms with van der Waals surface area (Å²) in [5.74, 6) is -0.369. The molecule has 96 valence electrons. The number of aliphatic hydroxyl groups excluding tert-OH is 1. The van der Waals surface area contributed by atoms with Crippen molar-refractivity contribution < 1.29 is 14.7 Å². The summed E-state index contributed by atoms with van der Waals surface area (Å²) in [5.41, 5.74) is 5.54. The van der Waals surface area contributed by atoms with E-state index >= 15 is 0 Å². The molecule has 0 fully saturated rings. The van der Waals surface area contributed by atoms with Gasteiger partial charge in [-0.25, -0.2) is 9.78 Å². The fourth-order valence-electron chi connectivity index (χ4n) is 1.16. The number of pyridine rings is 1. The molecule has 0 atom stereocenters. The van der Waals surface area contributed by atoms with E-state index in [1.165, 1.54) is 18.3 Å². The molecule has 0 radical (unpaired) electrons. The molecule has 0 saturated carbocycles. The highest BCUT2D eigenvalue weighted by Crippen LogP contribution is 2.05. The minimum atomic E-state index is -0.699. The number of rotatable bonds is 5. The molecule has 0 spiro atoms. The second-order valence-electron chi connectivity index (χ2n) is 3.49. The number of urea groups is 1. The molecule has 0 aromatic carbocycles. The van der Waals surface area contributed by atoms with Crippen molar-refractivity contribution in [2.24, 2.45) is 5.73 Å². The van der Waals surface area contributed by atoms with Gasteiger partial charge in [0.25, 0.3) is 5.91 Å². The third-order valence-electron chi connectivity index (χ3n) is 1.96. The van der Waals surface area contributed by atoms with Gasteiger partial charge in [-0.3, -0.25) is 4.79 Å². The van der Waals surface area contributed by atoms with Crippen molar-refractivity contribution in [3.05, 3.63) is 36.4 Å². The molecular weight excluding hydrogens is 236 g/mol. The van der Waals surface area contributed by atoms with Crippen LogP contribution in [-0.2, 0) is 0 Å². The Bertz CT molecular complexity index is 456. The predicted molar refractivity (Wildman–Crippen MR) is 66.2 cm³/mol. The van der Waals surface area contributed by atoms with Crippen LogP contribution in [0.3, 0.4) is 0 Å². The maximum absolute atomic E-state index is 11.6. The molecule has 1 rings (SSSR count). The number of amides is 3. The van der Waals surface area contributed by atoms with Gasteiger partial charge in [-0.2, -0.15) is 0 Å². The topological polar surface area (TPSA) is 117 Å². The average molecular weight is 250 g/mol. The zero-order chi connectivity index (χ0) is 13.5. The summed E-state index contributed by atoms with van der Waals surface area (Å²) in [6, 6.07) is 2.27. The molecule has 0 bridgehead atoms. The Labute approximate surface area is 104 Å². The molecule has 3 amide bonds. The fourth-order valence-corrected chi connectivity index (χ4v) is 1.16. The van der Waals surface area contributed by atoms with Crippen LogP contribution in [-0.4, -0.2) is 28.6 Å². The van der Waals surface area contributed by atoms with Crippen LogP contribution in [0.1, 0.15) is 16.9 Å². The van der Waals surface area contributed by atoms with Crippen LogP contribution < -0.4 is 16.4 Å². The van der Waals surface area contributed by atoms with Crippen molar-refractivity contribution in [1.29, 1.82) is 0 Å². The standard InChI is InChI=1S/C11H14N4O3/c1-7(16)4-5-13-10(17)9-3-2-8(6-14-9)15-11(12)18/h2-3,6,16H,1,4-5H2,(H,13,17)(H3,12,15,18). The molecule has 1 heterocycles. The summed E-state index contributed by atoms with van der Waals surface area (Å²) in [7, 11) is 0. The van der Waals surface area contributed by atoms with E-state index in [-0.39, 0.29) is 30.3 Å². The van der Waals surface area contributed by atoms with Gasteiger partial charge in [0.05, 0.1) is 17.6 Å². The maximum Gasteiger partial charge on any atom is 0.316 e. The van der Waals surface area contributed by atoms with E-state index in [1.807, 2.05) is 0 Å². The Morgan fingerprint density at radius 1 is 1.44 bits per heavy atom. The van der Waals surface area contributed by atoms with Crippen LogP contribution >= 0.6 is 0 Å². The molecule has 18 heavy (non-hydrogen) atoms. The van der Waals surface area contributed by atoms with Gasteiger partial charge in [0.15, 0.2) is 0 Å². The molecule has 5 N–H and O–H groups in total. The van der Waals surface area contributed by atoms with Crippen LogP contribution in [0.25, 0.3) is 0 Å². The normalized spacial score (nSPS) is 9.56. The molecule has 0 aliphatic rings. The maximum atomic E-state index is 11.6. The number of nitrogens with one attached hydrogen (secondary N) is 2. The second-order valence-corrected chi connectivity index (χ2v) is 3.49. The van der Waals surface area contributed by atoms with Gasteiger partial charge in [0.1, 0.15) is 5.69 Å². The SMILES string of the molecule is C=C(O)CCNC(=O)c1ccc(NC(N)=O)cn1. The summed E-state index contributed by atoms with van der Waals surface area (Å²) >= 11 is 0. The Kier molecular flexibility index (Phi) is 4.67. The first-order valence-corrected chi connectivity index (χ1v) is 5.16.